The standard InChI is InChI=1S/C10H15BrN4O2/c1-2-15-9(8(11)7-12-15)10(16)13-14-3-5-17-6-4-14/h7H,2-6H2,1H3,(H,13,16). The van der Waals surface area contributed by atoms with Gasteiger partial charge in [-0.2, -0.15) is 5.10 Å². The van der Waals surface area contributed by atoms with Gasteiger partial charge in [-0.25, -0.2) is 5.01 Å². The van der Waals surface area contributed by atoms with Gasteiger partial charge in [0.2, 0.25) is 0 Å². The van der Waals surface area contributed by atoms with Crippen LogP contribution in [0.2, 0.25) is 0 Å². The molecule has 0 aliphatic carbocycles. The largest absolute Gasteiger partial charge is 0.379 e. The first-order valence-corrected chi connectivity index (χ1v) is 6.36. The van der Waals surface area contributed by atoms with Crippen LogP contribution in [0.25, 0.3) is 0 Å². The molecule has 0 unspecified atom stereocenters. The van der Waals surface area contributed by atoms with E-state index in [1.165, 1.54) is 0 Å². The highest BCUT2D eigenvalue weighted by atomic mass is 79.9. The minimum Gasteiger partial charge on any atom is -0.379 e. The lowest BCUT2D eigenvalue weighted by Crippen LogP contribution is -2.48. The molecular weight excluding hydrogens is 288 g/mol. The molecule has 94 valence electrons. The second-order valence-corrected chi connectivity index (χ2v) is 4.55. The quantitative estimate of drug-likeness (QED) is 0.890. The molecule has 1 amide bonds. The van der Waals surface area contributed by atoms with E-state index in [9.17, 15) is 4.79 Å². The number of nitrogens with zero attached hydrogens (tertiary/aromatic N) is 3. The zero-order valence-electron chi connectivity index (χ0n) is 9.65. The van der Waals surface area contributed by atoms with Crippen molar-refractivity contribution in [1.29, 1.82) is 0 Å². The SMILES string of the molecule is CCn1ncc(Br)c1C(=O)NN1CCOCC1. The average molecular weight is 303 g/mol. The summed E-state index contributed by atoms with van der Waals surface area (Å²) in [5.74, 6) is -0.141. The fourth-order valence-corrected chi connectivity index (χ4v) is 2.18. The summed E-state index contributed by atoms with van der Waals surface area (Å²) >= 11 is 3.34. The third-order valence-electron chi connectivity index (χ3n) is 2.58. The third-order valence-corrected chi connectivity index (χ3v) is 3.16. The number of aryl methyl sites for hydroxylation is 1. The van der Waals surface area contributed by atoms with Crippen LogP contribution >= 0.6 is 15.9 Å². The summed E-state index contributed by atoms with van der Waals surface area (Å²) in [6, 6.07) is 0. The number of morpholine rings is 1. The molecule has 2 heterocycles. The number of carbonyl (C=O) groups is 1. The summed E-state index contributed by atoms with van der Waals surface area (Å²) < 4.78 is 7.60. The summed E-state index contributed by atoms with van der Waals surface area (Å²) in [5, 5.41) is 5.98. The van der Waals surface area contributed by atoms with Crippen molar-refractivity contribution in [3.05, 3.63) is 16.4 Å². The highest BCUT2D eigenvalue weighted by Gasteiger charge is 2.19. The molecule has 2 rings (SSSR count). The van der Waals surface area contributed by atoms with Crippen LogP contribution in [0.3, 0.4) is 0 Å². The second kappa shape index (κ2) is 5.61. The molecule has 0 bridgehead atoms. The van der Waals surface area contributed by atoms with E-state index in [4.69, 9.17) is 4.74 Å². The van der Waals surface area contributed by atoms with Gasteiger partial charge in [-0.15, -0.1) is 0 Å². The van der Waals surface area contributed by atoms with E-state index in [1.54, 1.807) is 10.9 Å². The van der Waals surface area contributed by atoms with Gasteiger partial charge >= 0.3 is 0 Å². The normalized spacial score (nSPS) is 17.1. The zero-order chi connectivity index (χ0) is 12.3. The zero-order valence-corrected chi connectivity index (χ0v) is 11.2. The van der Waals surface area contributed by atoms with Gasteiger partial charge in [-0.3, -0.25) is 14.9 Å². The van der Waals surface area contributed by atoms with Crippen molar-refractivity contribution >= 4 is 21.8 Å². The first kappa shape index (κ1) is 12.5. The Balaban J connectivity index is 2.05. The number of hydrogen-bond acceptors (Lipinski definition) is 4. The van der Waals surface area contributed by atoms with Gasteiger partial charge < -0.3 is 4.74 Å². The van der Waals surface area contributed by atoms with Crippen molar-refractivity contribution in [3.63, 3.8) is 0 Å². The van der Waals surface area contributed by atoms with Crippen LogP contribution in [-0.4, -0.2) is 47.0 Å². The van der Waals surface area contributed by atoms with Crippen molar-refractivity contribution in [1.82, 2.24) is 20.2 Å². The molecule has 1 fully saturated rings. The average Bonchev–Trinajstić information content (AvgIpc) is 2.71. The van der Waals surface area contributed by atoms with Crippen molar-refractivity contribution in [2.75, 3.05) is 26.3 Å². The summed E-state index contributed by atoms with van der Waals surface area (Å²) in [6.45, 7) is 5.33. The number of rotatable bonds is 3. The molecule has 1 aromatic rings. The Hall–Kier alpha value is -0.920. The molecular formula is C10H15BrN4O2. The molecule has 1 aromatic heterocycles. The van der Waals surface area contributed by atoms with Gasteiger partial charge in [0, 0.05) is 19.6 Å². The van der Waals surface area contributed by atoms with E-state index >= 15 is 0 Å². The number of halogens is 1. The van der Waals surface area contributed by atoms with Crippen LogP contribution < -0.4 is 5.43 Å². The first-order chi connectivity index (χ1) is 8.22. The van der Waals surface area contributed by atoms with E-state index in [-0.39, 0.29) is 5.91 Å². The maximum atomic E-state index is 12.1. The first-order valence-electron chi connectivity index (χ1n) is 5.57. The lowest BCUT2D eigenvalue weighted by Gasteiger charge is -2.26. The topological polar surface area (TPSA) is 59.4 Å². The molecule has 6 nitrogen and oxygen atoms in total. The van der Waals surface area contributed by atoms with Crippen molar-refractivity contribution < 1.29 is 9.53 Å². The Morgan fingerprint density at radius 1 is 1.59 bits per heavy atom. The maximum Gasteiger partial charge on any atom is 0.285 e. The fourth-order valence-electron chi connectivity index (χ4n) is 1.70. The minimum atomic E-state index is -0.141. The molecule has 1 aliphatic rings. The van der Waals surface area contributed by atoms with E-state index in [0.717, 1.165) is 0 Å². The predicted molar refractivity (Wildman–Crippen MR) is 65.5 cm³/mol. The monoisotopic (exact) mass is 302 g/mol. The minimum absolute atomic E-state index is 0.141. The Morgan fingerprint density at radius 2 is 2.29 bits per heavy atom. The maximum absolute atomic E-state index is 12.1. The molecule has 1 saturated heterocycles. The van der Waals surface area contributed by atoms with Crippen LogP contribution in [0, 0.1) is 0 Å². The van der Waals surface area contributed by atoms with Crippen LogP contribution in [0.15, 0.2) is 10.7 Å². The van der Waals surface area contributed by atoms with Crippen molar-refractivity contribution in [2.45, 2.75) is 13.5 Å². The number of ether oxygens (including phenoxy) is 1. The Morgan fingerprint density at radius 3 is 2.94 bits per heavy atom. The smallest absolute Gasteiger partial charge is 0.285 e. The van der Waals surface area contributed by atoms with Gasteiger partial charge in [-0.05, 0) is 22.9 Å². The molecule has 0 radical (unpaired) electrons. The number of hydrogen-bond donors (Lipinski definition) is 1. The number of aromatic nitrogens is 2. The molecule has 0 spiro atoms. The van der Waals surface area contributed by atoms with E-state index in [1.807, 2.05) is 11.9 Å². The summed E-state index contributed by atoms with van der Waals surface area (Å²) in [6.07, 6.45) is 1.64. The second-order valence-electron chi connectivity index (χ2n) is 3.70. The number of hydrazine groups is 1. The van der Waals surface area contributed by atoms with Gasteiger partial charge in [0.1, 0.15) is 5.69 Å². The Labute approximate surface area is 108 Å². The summed E-state index contributed by atoms with van der Waals surface area (Å²) in [5.41, 5.74) is 3.41. The summed E-state index contributed by atoms with van der Waals surface area (Å²) in [4.78, 5) is 12.1. The number of amides is 1. The number of nitrogens with one attached hydrogen (secondary N) is 1. The highest BCUT2D eigenvalue weighted by molar-refractivity contribution is 9.10. The van der Waals surface area contributed by atoms with Gasteiger partial charge in [0.15, 0.2) is 0 Å². The Kier molecular flexibility index (Phi) is 4.14. The van der Waals surface area contributed by atoms with Gasteiger partial charge in [0.25, 0.3) is 5.91 Å². The van der Waals surface area contributed by atoms with E-state index in [2.05, 4.69) is 26.5 Å². The van der Waals surface area contributed by atoms with E-state index in [0.29, 0.717) is 43.0 Å². The molecule has 1 N–H and O–H groups in total. The molecule has 17 heavy (non-hydrogen) atoms. The van der Waals surface area contributed by atoms with Crippen LogP contribution in [0.4, 0.5) is 0 Å². The lowest BCUT2D eigenvalue weighted by atomic mass is 10.4. The van der Waals surface area contributed by atoms with Crippen LogP contribution in [0.5, 0.6) is 0 Å². The molecule has 0 aromatic carbocycles. The molecule has 1 aliphatic heterocycles. The van der Waals surface area contributed by atoms with Crippen LogP contribution in [-0.2, 0) is 11.3 Å². The third kappa shape index (κ3) is 2.85. The summed E-state index contributed by atoms with van der Waals surface area (Å²) in [7, 11) is 0. The van der Waals surface area contributed by atoms with E-state index < -0.39 is 0 Å². The molecule has 7 heteroatoms. The number of carbonyl (C=O) groups excluding carboxylic acids is 1. The lowest BCUT2D eigenvalue weighted by molar-refractivity contribution is 0.0123. The van der Waals surface area contributed by atoms with Crippen molar-refractivity contribution in [2.24, 2.45) is 0 Å². The Bertz CT molecular complexity index is 401. The molecule has 0 atom stereocenters. The molecule has 0 saturated carbocycles. The van der Waals surface area contributed by atoms with Crippen LogP contribution in [0.1, 0.15) is 17.4 Å². The van der Waals surface area contributed by atoms with Gasteiger partial charge in [0.05, 0.1) is 23.9 Å². The fraction of sp³-hybridized carbons (Fsp3) is 0.600. The van der Waals surface area contributed by atoms with Crippen molar-refractivity contribution in [3.8, 4) is 0 Å². The van der Waals surface area contributed by atoms with Gasteiger partial charge in [-0.1, -0.05) is 0 Å². The predicted octanol–water partition coefficient (Wildman–Crippen LogP) is 0.643. The highest BCUT2D eigenvalue weighted by Crippen LogP contribution is 2.15.